The molecule has 0 amide bonds. The molecule has 2 aromatic heterocycles. The van der Waals surface area contributed by atoms with E-state index in [1.54, 1.807) is 10.9 Å². The van der Waals surface area contributed by atoms with Gasteiger partial charge < -0.3 is 21.2 Å². The van der Waals surface area contributed by atoms with Crippen LogP contribution in [-0.4, -0.2) is 45.9 Å². The van der Waals surface area contributed by atoms with E-state index in [0.29, 0.717) is 30.3 Å². The summed E-state index contributed by atoms with van der Waals surface area (Å²) in [5, 5.41) is 2.04. The molecule has 0 unspecified atom stereocenters. The third-order valence-corrected chi connectivity index (χ3v) is 2.69. The number of nitrogens with zero attached hydrogens (tertiary/aromatic N) is 5. The average molecular weight is 235 g/mol. The quantitative estimate of drug-likeness (QED) is 0.649. The molecule has 8 heteroatoms. The van der Waals surface area contributed by atoms with E-state index in [1.807, 2.05) is 5.01 Å². The van der Waals surface area contributed by atoms with Gasteiger partial charge in [-0.1, -0.05) is 0 Å². The normalized spacial score (nSPS) is 16.6. The summed E-state index contributed by atoms with van der Waals surface area (Å²) < 4.78 is 7.07. The van der Waals surface area contributed by atoms with E-state index in [4.69, 9.17) is 16.2 Å². The largest absolute Gasteiger partial charge is 0.378 e. The smallest absolute Gasteiger partial charge is 0.222 e. The number of fused-ring (bicyclic) bond motifs is 1. The number of morpholine rings is 1. The lowest BCUT2D eigenvalue weighted by atomic mass is 10.5. The number of rotatable bonds is 1. The first kappa shape index (κ1) is 10.1. The molecule has 3 rings (SSSR count). The van der Waals surface area contributed by atoms with Crippen LogP contribution in [0.25, 0.3) is 11.2 Å². The molecule has 4 N–H and O–H groups in total. The van der Waals surface area contributed by atoms with Gasteiger partial charge in [0.05, 0.1) is 32.5 Å². The van der Waals surface area contributed by atoms with E-state index in [1.165, 1.54) is 0 Å². The van der Waals surface area contributed by atoms with Gasteiger partial charge in [-0.25, -0.2) is 14.6 Å². The third-order valence-electron chi connectivity index (χ3n) is 2.69. The monoisotopic (exact) mass is 235 g/mol. The number of anilines is 2. The van der Waals surface area contributed by atoms with Crippen molar-refractivity contribution in [3.8, 4) is 0 Å². The molecule has 0 aliphatic carbocycles. The standard InChI is InChI=1S/C9H13N7O/c10-8-12-5-6-7(14-8)16(9(11)13-6)15-1-3-17-4-2-15/h5H,1-4H2,(H2,11,13)(H2,10,12,14). The van der Waals surface area contributed by atoms with E-state index in [-0.39, 0.29) is 5.95 Å². The van der Waals surface area contributed by atoms with Gasteiger partial charge in [-0.3, -0.25) is 0 Å². The predicted octanol–water partition coefficient (Wildman–Crippen LogP) is -1.04. The van der Waals surface area contributed by atoms with Crippen LogP contribution >= 0.6 is 0 Å². The van der Waals surface area contributed by atoms with Crippen LogP contribution in [0.1, 0.15) is 0 Å². The predicted molar refractivity (Wildman–Crippen MR) is 62.9 cm³/mol. The minimum atomic E-state index is 0.215. The molecule has 0 atom stereocenters. The first-order valence-corrected chi connectivity index (χ1v) is 5.35. The Kier molecular flexibility index (Phi) is 2.22. The SMILES string of the molecule is Nc1ncc2nc(N)n(N3CCOCC3)c2n1. The van der Waals surface area contributed by atoms with Crippen molar-refractivity contribution < 1.29 is 4.74 Å². The first-order chi connectivity index (χ1) is 8.25. The van der Waals surface area contributed by atoms with Crippen molar-refractivity contribution >= 4 is 23.1 Å². The van der Waals surface area contributed by atoms with Crippen LogP contribution in [-0.2, 0) is 4.74 Å². The van der Waals surface area contributed by atoms with Crippen molar-refractivity contribution in [2.75, 3.05) is 42.8 Å². The van der Waals surface area contributed by atoms with Crippen molar-refractivity contribution in [1.29, 1.82) is 0 Å². The molecule has 8 nitrogen and oxygen atoms in total. The zero-order valence-electron chi connectivity index (χ0n) is 9.20. The van der Waals surface area contributed by atoms with E-state index in [2.05, 4.69) is 15.0 Å². The molecule has 1 fully saturated rings. The van der Waals surface area contributed by atoms with Gasteiger partial charge in [0.2, 0.25) is 11.9 Å². The van der Waals surface area contributed by atoms with Gasteiger partial charge in [-0.05, 0) is 0 Å². The fourth-order valence-electron chi connectivity index (χ4n) is 1.93. The maximum atomic E-state index is 5.90. The van der Waals surface area contributed by atoms with Crippen LogP contribution in [0, 0.1) is 0 Å². The fraction of sp³-hybridized carbons (Fsp3) is 0.444. The van der Waals surface area contributed by atoms with Gasteiger partial charge in [-0.2, -0.15) is 4.98 Å². The highest BCUT2D eigenvalue weighted by molar-refractivity contribution is 5.74. The maximum Gasteiger partial charge on any atom is 0.222 e. The Morgan fingerprint density at radius 3 is 2.71 bits per heavy atom. The summed E-state index contributed by atoms with van der Waals surface area (Å²) in [7, 11) is 0. The van der Waals surface area contributed by atoms with Gasteiger partial charge in [0.15, 0.2) is 5.65 Å². The lowest BCUT2D eigenvalue weighted by molar-refractivity contribution is 0.112. The number of hydrogen-bond donors (Lipinski definition) is 2. The Labute approximate surface area is 97.2 Å². The zero-order valence-corrected chi connectivity index (χ0v) is 9.20. The van der Waals surface area contributed by atoms with Gasteiger partial charge >= 0.3 is 0 Å². The van der Waals surface area contributed by atoms with Crippen molar-refractivity contribution in [2.45, 2.75) is 0 Å². The molecule has 1 aliphatic rings. The summed E-state index contributed by atoms with van der Waals surface area (Å²) in [4.78, 5) is 12.3. The van der Waals surface area contributed by atoms with Crippen molar-refractivity contribution in [3.05, 3.63) is 6.20 Å². The topological polar surface area (TPSA) is 108 Å². The van der Waals surface area contributed by atoms with Crippen LogP contribution in [0.4, 0.5) is 11.9 Å². The van der Waals surface area contributed by atoms with Crippen LogP contribution in [0.5, 0.6) is 0 Å². The van der Waals surface area contributed by atoms with Gasteiger partial charge in [0, 0.05) is 0 Å². The summed E-state index contributed by atoms with van der Waals surface area (Å²) in [5.74, 6) is 0.605. The highest BCUT2D eigenvalue weighted by atomic mass is 16.5. The van der Waals surface area contributed by atoms with Crippen LogP contribution < -0.4 is 16.5 Å². The van der Waals surface area contributed by atoms with Crippen LogP contribution in [0.15, 0.2) is 6.20 Å². The molecule has 0 bridgehead atoms. The fourth-order valence-corrected chi connectivity index (χ4v) is 1.93. The Hall–Kier alpha value is -2.09. The van der Waals surface area contributed by atoms with E-state index >= 15 is 0 Å². The second-order valence-corrected chi connectivity index (χ2v) is 3.78. The van der Waals surface area contributed by atoms with Crippen molar-refractivity contribution in [3.63, 3.8) is 0 Å². The molecular weight excluding hydrogens is 222 g/mol. The number of aromatic nitrogens is 4. The number of nitrogen functional groups attached to an aromatic ring is 2. The lowest BCUT2D eigenvalue weighted by Gasteiger charge is -2.29. The molecule has 3 heterocycles. The Bertz CT molecular complexity index is 546. The van der Waals surface area contributed by atoms with Crippen LogP contribution in [0.3, 0.4) is 0 Å². The Morgan fingerprint density at radius 2 is 1.94 bits per heavy atom. The molecule has 90 valence electrons. The average Bonchev–Trinajstić information content (AvgIpc) is 2.65. The molecule has 0 radical (unpaired) electrons. The van der Waals surface area contributed by atoms with Gasteiger partial charge in [-0.15, -0.1) is 0 Å². The highest BCUT2D eigenvalue weighted by Gasteiger charge is 2.18. The highest BCUT2D eigenvalue weighted by Crippen LogP contribution is 2.16. The number of nitrogens with two attached hydrogens (primary N) is 2. The maximum absolute atomic E-state index is 5.90. The van der Waals surface area contributed by atoms with E-state index in [0.717, 1.165) is 13.1 Å². The summed E-state index contributed by atoms with van der Waals surface area (Å²) in [5.41, 5.74) is 12.8. The summed E-state index contributed by atoms with van der Waals surface area (Å²) >= 11 is 0. The Balaban J connectivity index is 2.13. The zero-order chi connectivity index (χ0) is 11.8. The van der Waals surface area contributed by atoms with Gasteiger partial charge in [0.1, 0.15) is 5.52 Å². The second-order valence-electron chi connectivity index (χ2n) is 3.78. The molecule has 2 aromatic rings. The number of imidazole rings is 1. The molecule has 1 aliphatic heterocycles. The van der Waals surface area contributed by atoms with E-state index < -0.39 is 0 Å². The van der Waals surface area contributed by atoms with Crippen LogP contribution in [0.2, 0.25) is 0 Å². The lowest BCUT2D eigenvalue weighted by Crippen LogP contribution is -2.44. The summed E-state index contributed by atoms with van der Waals surface area (Å²) in [6.45, 7) is 2.83. The number of ether oxygens (including phenoxy) is 1. The molecule has 0 saturated carbocycles. The molecule has 1 saturated heterocycles. The third kappa shape index (κ3) is 1.62. The molecular formula is C9H13N7O. The minimum absolute atomic E-state index is 0.215. The molecule has 0 aromatic carbocycles. The Morgan fingerprint density at radius 1 is 1.18 bits per heavy atom. The molecule has 0 spiro atoms. The summed E-state index contributed by atoms with van der Waals surface area (Å²) in [6, 6.07) is 0. The van der Waals surface area contributed by atoms with E-state index in [9.17, 15) is 0 Å². The minimum Gasteiger partial charge on any atom is -0.378 e. The van der Waals surface area contributed by atoms with Gasteiger partial charge in [0.25, 0.3) is 0 Å². The number of hydrogen-bond acceptors (Lipinski definition) is 7. The molecule has 17 heavy (non-hydrogen) atoms. The van der Waals surface area contributed by atoms with Crippen molar-refractivity contribution in [2.24, 2.45) is 0 Å². The second kappa shape index (κ2) is 3.74. The first-order valence-electron chi connectivity index (χ1n) is 5.35. The van der Waals surface area contributed by atoms with Crippen molar-refractivity contribution in [1.82, 2.24) is 19.6 Å². The summed E-state index contributed by atoms with van der Waals surface area (Å²) in [6.07, 6.45) is 1.57.